The highest BCUT2D eigenvalue weighted by Crippen LogP contribution is 2.37. The molecule has 178 valence electrons. The molecule has 0 aliphatic carbocycles. The predicted molar refractivity (Wildman–Crippen MR) is 161 cm³/mol. The Morgan fingerprint density at radius 3 is 1.45 bits per heavy atom. The minimum Gasteiger partial charge on any atom is -0.309 e. The molecule has 38 heavy (non-hydrogen) atoms. The number of aromatic nitrogens is 2. The monoisotopic (exact) mass is 508 g/mol. The van der Waals surface area contributed by atoms with Crippen LogP contribution in [0.5, 0.6) is 0 Å². The molecule has 0 atom stereocenters. The van der Waals surface area contributed by atoms with Crippen LogP contribution in [0, 0.1) is 0 Å². The maximum atomic E-state index is 9.84. The van der Waals surface area contributed by atoms with Crippen molar-refractivity contribution >= 4 is 43.6 Å². The van der Waals surface area contributed by atoms with E-state index in [4.69, 9.17) is 27.4 Å². The van der Waals surface area contributed by atoms with Crippen LogP contribution >= 0.6 is 0 Å². The highest BCUT2D eigenvalue weighted by molar-refractivity contribution is 6.12. The lowest BCUT2D eigenvalue weighted by Crippen LogP contribution is -1.97. The van der Waals surface area contributed by atoms with Gasteiger partial charge in [0.1, 0.15) is 0 Å². The molecule has 0 amide bonds. The van der Waals surface area contributed by atoms with E-state index >= 15 is 0 Å². The summed E-state index contributed by atoms with van der Waals surface area (Å²) in [6.07, 6.45) is 0. The molecule has 0 bridgehead atoms. The second-order valence-corrected chi connectivity index (χ2v) is 8.01. The molecule has 8 aromatic rings. The van der Waals surface area contributed by atoms with Crippen molar-refractivity contribution in [1.29, 1.82) is 0 Å². The highest BCUT2D eigenvalue weighted by Gasteiger charge is 2.16. The molecule has 2 heteroatoms. The normalized spacial score (nSPS) is 20.5. The maximum Gasteiger partial charge on any atom is 0.0667 e. The third kappa shape index (κ3) is 3.07. The van der Waals surface area contributed by atoms with Crippen LogP contribution in [0.2, 0.25) is 0 Å². The quantitative estimate of drug-likeness (QED) is 0.225. The van der Waals surface area contributed by atoms with Gasteiger partial charge >= 0.3 is 0 Å². The van der Waals surface area contributed by atoms with E-state index in [0.717, 1.165) is 9.13 Å². The average Bonchev–Trinajstić information content (AvgIpc) is 3.78. The van der Waals surface area contributed by atoms with Crippen molar-refractivity contribution in [3.8, 4) is 22.5 Å². The van der Waals surface area contributed by atoms with Crippen molar-refractivity contribution in [2.24, 2.45) is 0 Å². The van der Waals surface area contributed by atoms with Crippen molar-refractivity contribution in [3.63, 3.8) is 0 Å². The minimum atomic E-state index is -1.00. The molecule has 0 aliphatic heterocycles. The van der Waals surface area contributed by atoms with Crippen LogP contribution in [0.4, 0.5) is 0 Å². The molecule has 0 saturated carbocycles. The summed E-state index contributed by atoms with van der Waals surface area (Å²) in [4.78, 5) is 0. The fourth-order valence-electron chi connectivity index (χ4n) is 4.43. The van der Waals surface area contributed by atoms with E-state index in [1.807, 2.05) is 0 Å². The van der Waals surface area contributed by atoms with Gasteiger partial charge in [0, 0.05) is 32.9 Å². The maximum absolute atomic E-state index is 9.84. The van der Waals surface area contributed by atoms with Gasteiger partial charge in [-0.25, -0.2) is 0 Å². The molecule has 0 unspecified atom stereocenters. The van der Waals surface area contributed by atoms with Gasteiger partial charge in [-0.1, -0.05) is 103 Å². The summed E-state index contributed by atoms with van der Waals surface area (Å²) in [6.45, 7) is 0. The number of para-hydroxylation sites is 3. The van der Waals surface area contributed by atoms with Gasteiger partial charge in [0.2, 0.25) is 0 Å². The molecule has 8 rings (SSSR count). The zero-order chi connectivity index (χ0) is 45.9. The van der Waals surface area contributed by atoms with E-state index < -0.39 is 211 Å². The molecule has 0 N–H and O–H groups in total. The summed E-state index contributed by atoms with van der Waals surface area (Å²) in [7, 11) is 0. The Labute approximate surface area is 254 Å². The number of benzene rings is 6. The van der Waals surface area contributed by atoms with E-state index in [1.165, 1.54) is 0 Å². The van der Waals surface area contributed by atoms with E-state index in [2.05, 4.69) is 0 Å². The third-order valence-corrected chi connectivity index (χ3v) is 5.99. The Morgan fingerprint density at radius 2 is 0.816 bits per heavy atom. The highest BCUT2D eigenvalue weighted by atomic mass is 15.0. The largest absolute Gasteiger partial charge is 0.309 e. The fourth-order valence-corrected chi connectivity index (χ4v) is 4.43. The summed E-state index contributed by atoms with van der Waals surface area (Å²) in [5.41, 5.74) is -5.53. The minimum absolute atomic E-state index is 0.446. The summed E-state index contributed by atoms with van der Waals surface area (Å²) >= 11 is 0. The first-order chi connectivity index (χ1) is 28.9. The summed E-state index contributed by atoms with van der Waals surface area (Å²) < 4.78 is 213. The van der Waals surface area contributed by atoms with Crippen molar-refractivity contribution in [3.05, 3.63) is 145 Å². The van der Waals surface area contributed by atoms with E-state index in [-0.39, 0.29) is 0 Å². The molecule has 0 fully saturated rings. The second-order valence-electron chi connectivity index (χ2n) is 8.01. The number of rotatable bonds is 3. The van der Waals surface area contributed by atoms with E-state index in [1.54, 1.807) is 0 Å². The van der Waals surface area contributed by atoms with Gasteiger partial charge in [-0.3, -0.25) is 0 Å². The van der Waals surface area contributed by atoms with Crippen molar-refractivity contribution < 1.29 is 32.9 Å². The topological polar surface area (TPSA) is 9.86 Å². The molecule has 2 nitrogen and oxygen atoms in total. The number of nitrogens with zero attached hydrogens (tertiary/aromatic N) is 2. The van der Waals surface area contributed by atoms with Crippen molar-refractivity contribution in [1.82, 2.24) is 9.13 Å². The van der Waals surface area contributed by atoms with Crippen LogP contribution in [0.25, 0.3) is 66.1 Å². The molecular weight excluding hydrogens is 460 g/mol. The summed E-state index contributed by atoms with van der Waals surface area (Å²) in [6, 6.07) is -21.0. The molecule has 2 aromatic heterocycles. The van der Waals surface area contributed by atoms with Crippen LogP contribution in [-0.2, 0) is 0 Å². The van der Waals surface area contributed by atoms with E-state index in [9.17, 15) is 5.48 Å². The molecule has 0 spiro atoms. The van der Waals surface area contributed by atoms with Gasteiger partial charge < -0.3 is 9.13 Å². The zero-order valence-electron chi connectivity index (χ0n) is 42.9. The standard InChI is InChI=1S/C36H24N2/c1-2-11-25(12-3-1)26-13-10-14-27(23-26)38-35-20-9-6-17-31(35)32-22-21-28(24-36(32)38)37-33-18-7-4-15-29(33)30-16-5-8-19-34(30)37/h1-24H/i1D,2D,3D,4D,5D,6D,7D,8D,9D,10D,11D,12D,13D,14D,15D,16D,17D,18D,19D,20D,21D,22D,23D,24D. The Balaban J connectivity index is 1.71. The molecule has 0 radical (unpaired) electrons. The Bertz CT molecular complexity index is 3350. The van der Waals surface area contributed by atoms with Gasteiger partial charge in [-0.05, 0) is 53.4 Å². The van der Waals surface area contributed by atoms with Gasteiger partial charge in [-0.2, -0.15) is 0 Å². The van der Waals surface area contributed by atoms with Gasteiger partial charge in [0.05, 0.1) is 55.0 Å². The lowest BCUT2D eigenvalue weighted by Gasteiger charge is -2.12. The molecule has 2 heterocycles. The fraction of sp³-hybridized carbons (Fsp3) is 0. The SMILES string of the molecule is [2H]c1c([2H])c([2H])c(-c2c([2H])c([2H])c([2H])c(-n3c4c([2H])c([2H])c([2H])c([2H])c4c4c([2H])c([2H])c(-n5c6c([2H])c([2H])c([2H])c([2H])c6c6c([2H])c([2H])c([2H])c([2H])c65)c([2H])c43)c2[2H])c([2H])c1[2H]. The lowest BCUT2D eigenvalue weighted by atomic mass is 10.1. The summed E-state index contributed by atoms with van der Waals surface area (Å²) in [5.74, 6) is 0. The van der Waals surface area contributed by atoms with Crippen LogP contribution in [0.3, 0.4) is 0 Å². The van der Waals surface area contributed by atoms with Gasteiger partial charge in [0.15, 0.2) is 0 Å². The Morgan fingerprint density at radius 1 is 0.342 bits per heavy atom. The molecule has 0 aliphatic rings. The smallest absolute Gasteiger partial charge is 0.0667 e. The molecule has 6 aromatic carbocycles. The number of hydrogen-bond donors (Lipinski definition) is 0. The lowest BCUT2D eigenvalue weighted by molar-refractivity contribution is 1.15. The first-order valence-electron chi connectivity index (χ1n) is 23.1. The number of hydrogen-bond acceptors (Lipinski definition) is 0. The van der Waals surface area contributed by atoms with Crippen molar-refractivity contribution in [2.75, 3.05) is 0 Å². The first kappa shape index (κ1) is 8.21. The van der Waals surface area contributed by atoms with Crippen LogP contribution in [0.1, 0.15) is 32.9 Å². The van der Waals surface area contributed by atoms with Crippen LogP contribution < -0.4 is 0 Å². The van der Waals surface area contributed by atoms with Crippen molar-refractivity contribution in [2.45, 2.75) is 0 Å². The Hall–Kier alpha value is -5.08. The second kappa shape index (κ2) is 8.22. The number of fused-ring (bicyclic) bond motifs is 6. The molecule has 0 saturated heterocycles. The zero-order valence-corrected chi connectivity index (χ0v) is 18.9. The Kier molecular flexibility index (Phi) is 1.78. The summed E-state index contributed by atoms with van der Waals surface area (Å²) in [5, 5.41) is -1.97. The van der Waals surface area contributed by atoms with Crippen LogP contribution in [-0.4, -0.2) is 9.13 Å². The van der Waals surface area contributed by atoms with Gasteiger partial charge in [0.25, 0.3) is 0 Å². The van der Waals surface area contributed by atoms with E-state index in [0.29, 0.717) is 0 Å². The third-order valence-electron chi connectivity index (χ3n) is 5.99. The molecular formula is C36H24N2. The van der Waals surface area contributed by atoms with Gasteiger partial charge in [-0.15, -0.1) is 0 Å². The average molecular weight is 509 g/mol. The first-order valence-corrected chi connectivity index (χ1v) is 11.1. The van der Waals surface area contributed by atoms with Crippen LogP contribution in [0.15, 0.2) is 145 Å². The predicted octanol–water partition coefficient (Wildman–Crippen LogP) is 9.55.